The summed E-state index contributed by atoms with van der Waals surface area (Å²) < 4.78 is 5.79. The van der Waals surface area contributed by atoms with E-state index in [1.807, 2.05) is 54.6 Å². The Morgan fingerprint density at radius 1 is 0.920 bits per heavy atom. The number of rotatable bonds is 4. The maximum Gasteiger partial charge on any atom is 0.151 e. The average molecular weight is 329 g/mol. The highest BCUT2D eigenvalue weighted by atomic mass is 16.5. The van der Waals surface area contributed by atoms with E-state index >= 15 is 0 Å². The number of pyridine rings is 1. The zero-order valence-corrected chi connectivity index (χ0v) is 14.0. The number of nitrogens with zero attached hydrogens (tertiary/aromatic N) is 1. The summed E-state index contributed by atoms with van der Waals surface area (Å²) in [6, 6.07) is 21.6. The Labute approximate surface area is 147 Å². The maximum absolute atomic E-state index is 10.2. The van der Waals surface area contributed by atoms with Crippen molar-refractivity contribution in [1.82, 2.24) is 4.98 Å². The van der Waals surface area contributed by atoms with Gasteiger partial charge in [0.2, 0.25) is 0 Å². The largest absolute Gasteiger partial charge is 0.487 e. The van der Waals surface area contributed by atoms with Gasteiger partial charge in [0.05, 0.1) is 0 Å². The fourth-order valence-electron chi connectivity index (χ4n) is 2.35. The quantitative estimate of drug-likeness (QED) is 0.738. The first-order valence-electron chi connectivity index (χ1n) is 8.14. The summed E-state index contributed by atoms with van der Waals surface area (Å²) in [5.41, 5.74) is 3.04. The van der Waals surface area contributed by atoms with Crippen LogP contribution < -0.4 is 4.74 Å². The summed E-state index contributed by atoms with van der Waals surface area (Å²) >= 11 is 0. The van der Waals surface area contributed by atoms with Gasteiger partial charge in [-0.25, -0.2) is 0 Å². The number of hydrogen-bond acceptors (Lipinski definition) is 3. The van der Waals surface area contributed by atoms with E-state index in [-0.39, 0.29) is 0 Å². The molecule has 0 aliphatic rings. The molecule has 1 heterocycles. The molecule has 3 rings (SSSR count). The van der Waals surface area contributed by atoms with Crippen molar-refractivity contribution in [3.05, 3.63) is 84.7 Å². The number of ether oxygens (including phenoxy) is 1. The Morgan fingerprint density at radius 2 is 1.64 bits per heavy atom. The Balaban J connectivity index is 1.63. The van der Waals surface area contributed by atoms with Crippen LogP contribution in [0.4, 0.5) is 0 Å². The van der Waals surface area contributed by atoms with Crippen LogP contribution in [-0.4, -0.2) is 22.3 Å². The van der Waals surface area contributed by atoms with Crippen molar-refractivity contribution in [2.45, 2.75) is 19.1 Å². The highest BCUT2D eigenvalue weighted by Crippen LogP contribution is 2.22. The molecule has 0 saturated heterocycles. The molecule has 1 unspecified atom stereocenters. The second-order valence-electron chi connectivity index (χ2n) is 5.67. The standard InChI is InChI=1S/C22H19NO2/c1-17(22(24)14-9-18-6-5-15-23-16-18)25-21-12-10-20(11-13-21)19-7-3-2-4-8-19/h2-8,10-13,15-17,22,24H,1H3/t17-,22?/m0/s1. The van der Waals surface area contributed by atoms with Crippen LogP contribution in [0.5, 0.6) is 5.75 Å². The minimum atomic E-state index is -0.881. The Bertz CT molecular complexity index is 849. The smallest absolute Gasteiger partial charge is 0.151 e. The van der Waals surface area contributed by atoms with Crippen molar-refractivity contribution in [1.29, 1.82) is 0 Å². The molecule has 25 heavy (non-hydrogen) atoms. The number of hydrogen-bond donors (Lipinski definition) is 1. The molecular formula is C22H19NO2. The lowest BCUT2D eigenvalue weighted by atomic mass is 10.1. The van der Waals surface area contributed by atoms with Crippen molar-refractivity contribution >= 4 is 0 Å². The van der Waals surface area contributed by atoms with Gasteiger partial charge in [0.25, 0.3) is 0 Å². The van der Waals surface area contributed by atoms with E-state index in [4.69, 9.17) is 4.74 Å². The van der Waals surface area contributed by atoms with E-state index in [1.54, 1.807) is 19.3 Å². The molecule has 0 saturated carbocycles. The molecular weight excluding hydrogens is 310 g/mol. The molecule has 0 fully saturated rings. The minimum Gasteiger partial charge on any atom is -0.487 e. The Morgan fingerprint density at radius 3 is 2.32 bits per heavy atom. The van der Waals surface area contributed by atoms with E-state index < -0.39 is 12.2 Å². The normalized spacial score (nSPS) is 12.6. The summed E-state index contributed by atoms with van der Waals surface area (Å²) in [5, 5.41) is 10.2. The molecule has 3 heteroatoms. The van der Waals surface area contributed by atoms with Crippen LogP contribution in [0.15, 0.2) is 79.1 Å². The van der Waals surface area contributed by atoms with Crippen LogP contribution in [0.2, 0.25) is 0 Å². The molecule has 3 aromatic rings. The monoisotopic (exact) mass is 329 g/mol. The van der Waals surface area contributed by atoms with Crippen molar-refractivity contribution in [3.63, 3.8) is 0 Å². The van der Waals surface area contributed by atoms with Crippen LogP contribution in [-0.2, 0) is 0 Å². The van der Waals surface area contributed by atoms with Crippen LogP contribution in [0.25, 0.3) is 11.1 Å². The van der Waals surface area contributed by atoms with Gasteiger partial charge in [-0.1, -0.05) is 54.3 Å². The predicted molar refractivity (Wildman–Crippen MR) is 99.1 cm³/mol. The summed E-state index contributed by atoms with van der Waals surface area (Å²) in [4.78, 5) is 3.99. The first-order chi connectivity index (χ1) is 12.2. The number of aliphatic hydroxyl groups is 1. The van der Waals surface area contributed by atoms with Gasteiger partial charge in [-0.3, -0.25) is 4.98 Å². The highest BCUT2D eigenvalue weighted by molar-refractivity contribution is 5.63. The van der Waals surface area contributed by atoms with Crippen molar-refractivity contribution in [3.8, 4) is 28.7 Å². The second kappa shape index (κ2) is 8.14. The molecule has 0 aliphatic heterocycles. The summed E-state index contributed by atoms with van der Waals surface area (Å²) in [7, 11) is 0. The van der Waals surface area contributed by atoms with Gasteiger partial charge in [0.1, 0.15) is 11.9 Å². The number of benzene rings is 2. The van der Waals surface area contributed by atoms with Crippen LogP contribution in [0.3, 0.4) is 0 Å². The predicted octanol–water partition coefficient (Wildman–Crippen LogP) is 3.93. The van der Waals surface area contributed by atoms with E-state index in [1.165, 1.54) is 0 Å². The van der Waals surface area contributed by atoms with Crippen molar-refractivity contribution in [2.75, 3.05) is 0 Å². The van der Waals surface area contributed by atoms with Crippen LogP contribution in [0, 0.1) is 11.8 Å². The third-order valence-corrected chi connectivity index (χ3v) is 3.75. The molecule has 0 spiro atoms. The van der Waals surface area contributed by atoms with E-state index in [2.05, 4.69) is 29.0 Å². The molecule has 0 radical (unpaired) electrons. The lowest BCUT2D eigenvalue weighted by Crippen LogP contribution is -2.27. The van der Waals surface area contributed by atoms with E-state index in [0.29, 0.717) is 5.75 Å². The fraction of sp³-hybridized carbons (Fsp3) is 0.136. The zero-order chi connectivity index (χ0) is 17.5. The second-order valence-corrected chi connectivity index (χ2v) is 5.67. The van der Waals surface area contributed by atoms with E-state index in [9.17, 15) is 5.11 Å². The zero-order valence-electron chi connectivity index (χ0n) is 14.0. The van der Waals surface area contributed by atoms with Crippen molar-refractivity contribution < 1.29 is 9.84 Å². The molecule has 124 valence electrons. The topological polar surface area (TPSA) is 42.4 Å². The maximum atomic E-state index is 10.2. The summed E-state index contributed by atoms with van der Waals surface area (Å²) in [5.74, 6) is 6.40. The third-order valence-electron chi connectivity index (χ3n) is 3.75. The summed E-state index contributed by atoms with van der Waals surface area (Å²) in [6.45, 7) is 1.80. The first-order valence-corrected chi connectivity index (χ1v) is 8.14. The summed E-state index contributed by atoms with van der Waals surface area (Å²) in [6.07, 6.45) is 2.03. The van der Waals surface area contributed by atoms with Gasteiger partial charge < -0.3 is 9.84 Å². The Hall–Kier alpha value is -3.09. The minimum absolute atomic E-state index is 0.438. The lowest BCUT2D eigenvalue weighted by molar-refractivity contribution is 0.0855. The fourth-order valence-corrected chi connectivity index (χ4v) is 2.35. The molecule has 0 bridgehead atoms. The molecule has 1 N–H and O–H groups in total. The molecule has 0 aliphatic carbocycles. The SMILES string of the molecule is C[C@H](Oc1ccc(-c2ccccc2)cc1)C(O)C#Cc1cccnc1. The van der Waals surface area contributed by atoms with Gasteiger partial charge in [0.15, 0.2) is 6.10 Å². The van der Waals surface area contributed by atoms with Crippen LogP contribution >= 0.6 is 0 Å². The molecule has 2 atom stereocenters. The molecule has 0 amide bonds. The Kier molecular flexibility index (Phi) is 5.46. The first kappa shape index (κ1) is 16.8. The van der Waals surface area contributed by atoms with Gasteiger partial charge in [0, 0.05) is 18.0 Å². The van der Waals surface area contributed by atoms with Crippen LogP contribution in [0.1, 0.15) is 12.5 Å². The number of aliphatic hydroxyl groups excluding tert-OH is 1. The molecule has 1 aromatic heterocycles. The van der Waals surface area contributed by atoms with Gasteiger partial charge in [-0.2, -0.15) is 0 Å². The van der Waals surface area contributed by atoms with Gasteiger partial charge in [-0.15, -0.1) is 0 Å². The molecule has 3 nitrogen and oxygen atoms in total. The molecule has 2 aromatic carbocycles. The van der Waals surface area contributed by atoms with Gasteiger partial charge >= 0.3 is 0 Å². The number of aromatic nitrogens is 1. The van der Waals surface area contributed by atoms with Gasteiger partial charge in [-0.05, 0) is 42.3 Å². The van der Waals surface area contributed by atoms with E-state index in [0.717, 1.165) is 16.7 Å². The highest BCUT2D eigenvalue weighted by Gasteiger charge is 2.13. The van der Waals surface area contributed by atoms with Crippen molar-refractivity contribution in [2.24, 2.45) is 0 Å². The third kappa shape index (κ3) is 4.69. The average Bonchev–Trinajstić information content (AvgIpc) is 2.68. The lowest BCUT2D eigenvalue weighted by Gasteiger charge is -2.17.